The number of carbonyl (C=O) groups is 2. The lowest BCUT2D eigenvalue weighted by Gasteiger charge is -2.11. The number of hydrogen-bond acceptors (Lipinski definition) is 4. The Morgan fingerprint density at radius 2 is 2.00 bits per heavy atom. The topological polar surface area (TPSA) is 92.6 Å². The Balaban J connectivity index is 1.84. The second-order valence-corrected chi connectivity index (χ2v) is 5.69. The summed E-state index contributed by atoms with van der Waals surface area (Å²) in [6.45, 7) is 1.62. The average Bonchev–Trinajstić information content (AvgIpc) is 2.81. The lowest BCUT2D eigenvalue weighted by atomic mass is 10.1. The van der Waals surface area contributed by atoms with Gasteiger partial charge in [0.2, 0.25) is 5.91 Å². The second-order valence-electron chi connectivity index (χ2n) is 5.69. The number of aryl methyl sites for hydroxylation is 1. The molecular weight excluding hydrogens is 310 g/mol. The first-order valence-corrected chi connectivity index (χ1v) is 7.32. The molecule has 1 aliphatic rings. The number of fused-ring (bicyclic) bond motifs is 1. The molecule has 0 fully saturated rings. The maximum Gasteiger partial charge on any atom is 0.273 e. The summed E-state index contributed by atoms with van der Waals surface area (Å²) in [6.07, 6.45) is 0.297. The van der Waals surface area contributed by atoms with Gasteiger partial charge in [0, 0.05) is 35.6 Å². The molecule has 0 radical (unpaired) electrons. The van der Waals surface area contributed by atoms with Gasteiger partial charge >= 0.3 is 0 Å². The fourth-order valence-electron chi connectivity index (χ4n) is 2.70. The Kier molecular flexibility index (Phi) is 3.76. The molecule has 3 rings (SSSR count). The summed E-state index contributed by atoms with van der Waals surface area (Å²) in [5.74, 6) is -0.432. The van der Waals surface area contributed by atoms with E-state index in [2.05, 4.69) is 5.32 Å². The van der Waals surface area contributed by atoms with Crippen molar-refractivity contribution in [3.8, 4) is 0 Å². The molecule has 2 aromatic rings. The van der Waals surface area contributed by atoms with Gasteiger partial charge in [0.1, 0.15) is 0 Å². The van der Waals surface area contributed by atoms with E-state index < -0.39 is 10.8 Å². The van der Waals surface area contributed by atoms with Gasteiger partial charge in [-0.2, -0.15) is 0 Å². The Morgan fingerprint density at radius 1 is 1.25 bits per heavy atom. The highest BCUT2D eigenvalue weighted by Crippen LogP contribution is 2.30. The van der Waals surface area contributed by atoms with Gasteiger partial charge in [-0.15, -0.1) is 0 Å². The van der Waals surface area contributed by atoms with Gasteiger partial charge in [-0.25, -0.2) is 0 Å². The molecule has 0 spiro atoms. The zero-order valence-corrected chi connectivity index (χ0v) is 13.2. The molecule has 0 unspecified atom stereocenters. The molecule has 1 aliphatic heterocycles. The number of carbonyl (C=O) groups excluding carboxylic acids is 2. The molecule has 7 heteroatoms. The van der Waals surface area contributed by atoms with Crippen molar-refractivity contribution in [2.45, 2.75) is 13.3 Å². The maximum absolute atomic E-state index is 12.3. The van der Waals surface area contributed by atoms with Crippen LogP contribution in [-0.4, -0.2) is 23.8 Å². The van der Waals surface area contributed by atoms with Crippen LogP contribution in [0.4, 0.5) is 17.1 Å². The molecule has 0 bridgehead atoms. The van der Waals surface area contributed by atoms with Crippen molar-refractivity contribution in [3.05, 3.63) is 63.2 Å². The SMILES string of the molecule is Cc1ccc(C(=O)Nc2ccc3c(c2)CC(=O)N3C)cc1[N+](=O)[O-]. The molecule has 0 saturated heterocycles. The Morgan fingerprint density at radius 3 is 2.71 bits per heavy atom. The number of likely N-dealkylation sites (N-methyl/N-ethyl adjacent to an activating group) is 1. The number of nitrogens with zero attached hydrogens (tertiary/aromatic N) is 2. The quantitative estimate of drug-likeness (QED) is 0.693. The third-order valence-electron chi connectivity index (χ3n) is 4.08. The minimum absolute atomic E-state index is 0.00244. The van der Waals surface area contributed by atoms with Crippen LogP contribution in [0.3, 0.4) is 0 Å². The van der Waals surface area contributed by atoms with Crippen molar-refractivity contribution in [2.75, 3.05) is 17.3 Å². The number of amides is 2. The monoisotopic (exact) mass is 325 g/mol. The first kappa shape index (κ1) is 15.7. The van der Waals surface area contributed by atoms with Crippen LogP contribution >= 0.6 is 0 Å². The summed E-state index contributed by atoms with van der Waals surface area (Å²) in [6, 6.07) is 9.57. The van der Waals surface area contributed by atoms with E-state index in [0.29, 0.717) is 17.7 Å². The van der Waals surface area contributed by atoms with Crippen LogP contribution in [0.25, 0.3) is 0 Å². The molecule has 24 heavy (non-hydrogen) atoms. The highest BCUT2D eigenvalue weighted by atomic mass is 16.6. The van der Waals surface area contributed by atoms with Crippen molar-refractivity contribution in [1.29, 1.82) is 0 Å². The van der Waals surface area contributed by atoms with Crippen molar-refractivity contribution in [3.63, 3.8) is 0 Å². The zero-order chi connectivity index (χ0) is 17.4. The standard InChI is InChI=1S/C17H15N3O4/c1-10-3-4-11(8-15(10)20(23)24)17(22)18-13-5-6-14-12(7-13)9-16(21)19(14)2/h3-8H,9H2,1-2H3,(H,18,22). The van der Waals surface area contributed by atoms with Crippen molar-refractivity contribution >= 4 is 28.9 Å². The highest BCUT2D eigenvalue weighted by Gasteiger charge is 2.24. The largest absolute Gasteiger partial charge is 0.322 e. The molecule has 1 N–H and O–H groups in total. The van der Waals surface area contributed by atoms with Gasteiger partial charge in [-0.1, -0.05) is 6.07 Å². The number of nitro benzene ring substituents is 1. The van der Waals surface area contributed by atoms with Crippen molar-refractivity contribution < 1.29 is 14.5 Å². The van der Waals surface area contributed by atoms with Crippen molar-refractivity contribution in [1.82, 2.24) is 0 Å². The number of anilines is 2. The van der Waals surface area contributed by atoms with E-state index in [-0.39, 0.29) is 17.2 Å². The Hall–Kier alpha value is -3.22. The van der Waals surface area contributed by atoms with E-state index in [4.69, 9.17) is 0 Å². The van der Waals surface area contributed by atoms with Gasteiger partial charge in [0.25, 0.3) is 11.6 Å². The van der Waals surface area contributed by atoms with Gasteiger partial charge in [0.15, 0.2) is 0 Å². The average molecular weight is 325 g/mol. The summed E-state index contributed by atoms with van der Waals surface area (Å²) in [4.78, 5) is 36.1. The van der Waals surface area contributed by atoms with E-state index in [1.165, 1.54) is 6.07 Å². The van der Waals surface area contributed by atoms with Gasteiger partial charge < -0.3 is 10.2 Å². The second kappa shape index (κ2) is 5.77. The number of rotatable bonds is 3. The summed E-state index contributed by atoms with van der Waals surface area (Å²) >= 11 is 0. The van der Waals surface area contributed by atoms with Gasteiger partial charge in [-0.05, 0) is 36.8 Å². The van der Waals surface area contributed by atoms with Crippen LogP contribution in [0.5, 0.6) is 0 Å². The van der Waals surface area contributed by atoms with Gasteiger partial charge in [-0.3, -0.25) is 19.7 Å². The molecular formula is C17H15N3O4. The van der Waals surface area contributed by atoms with Crippen LogP contribution in [-0.2, 0) is 11.2 Å². The predicted molar refractivity (Wildman–Crippen MR) is 89.3 cm³/mol. The maximum atomic E-state index is 12.3. The summed E-state index contributed by atoms with van der Waals surface area (Å²) in [7, 11) is 1.71. The normalized spacial score (nSPS) is 12.9. The Labute approximate surface area is 138 Å². The molecule has 122 valence electrons. The molecule has 2 amide bonds. The molecule has 0 saturated carbocycles. The number of benzene rings is 2. The first-order chi connectivity index (χ1) is 11.4. The Bertz CT molecular complexity index is 876. The number of hydrogen-bond donors (Lipinski definition) is 1. The van der Waals surface area contributed by atoms with Crippen LogP contribution in [0.15, 0.2) is 36.4 Å². The highest BCUT2D eigenvalue weighted by molar-refractivity contribution is 6.06. The van der Waals surface area contributed by atoms with Crippen LogP contribution in [0.1, 0.15) is 21.5 Å². The smallest absolute Gasteiger partial charge is 0.273 e. The molecule has 1 heterocycles. The fourth-order valence-corrected chi connectivity index (χ4v) is 2.70. The third-order valence-corrected chi connectivity index (χ3v) is 4.08. The minimum atomic E-state index is -0.511. The molecule has 0 aromatic heterocycles. The third kappa shape index (κ3) is 2.71. The van der Waals surface area contributed by atoms with Crippen LogP contribution < -0.4 is 10.2 Å². The van der Waals surface area contributed by atoms with E-state index in [9.17, 15) is 19.7 Å². The van der Waals surface area contributed by atoms with Crippen LogP contribution in [0.2, 0.25) is 0 Å². The van der Waals surface area contributed by atoms with Crippen LogP contribution in [0, 0.1) is 17.0 Å². The van der Waals surface area contributed by atoms with E-state index >= 15 is 0 Å². The first-order valence-electron chi connectivity index (χ1n) is 7.32. The van der Waals surface area contributed by atoms with Gasteiger partial charge in [0.05, 0.1) is 11.3 Å². The van der Waals surface area contributed by atoms with E-state index in [1.807, 2.05) is 0 Å². The lowest BCUT2D eigenvalue weighted by molar-refractivity contribution is -0.385. The van der Waals surface area contributed by atoms with E-state index in [1.54, 1.807) is 49.2 Å². The number of nitrogens with one attached hydrogen (secondary N) is 1. The summed E-state index contributed by atoms with van der Waals surface area (Å²) < 4.78 is 0. The molecule has 0 atom stereocenters. The molecule has 7 nitrogen and oxygen atoms in total. The van der Waals surface area contributed by atoms with Crippen molar-refractivity contribution in [2.24, 2.45) is 0 Å². The fraction of sp³-hybridized carbons (Fsp3) is 0.176. The van der Waals surface area contributed by atoms with E-state index in [0.717, 1.165) is 11.3 Å². The molecule has 2 aromatic carbocycles. The lowest BCUT2D eigenvalue weighted by Crippen LogP contribution is -2.20. The summed E-state index contributed by atoms with van der Waals surface area (Å²) in [5.41, 5.74) is 2.82. The minimum Gasteiger partial charge on any atom is -0.322 e. The predicted octanol–water partition coefficient (Wildman–Crippen LogP) is 2.67. The molecule has 0 aliphatic carbocycles. The zero-order valence-electron chi connectivity index (χ0n) is 13.2. The summed E-state index contributed by atoms with van der Waals surface area (Å²) in [5, 5.41) is 13.7. The number of nitro groups is 1.